The molecule has 0 aliphatic rings. The van der Waals surface area contributed by atoms with E-state index in [4.69, 9.17) is 4.74 Å². The predicted octanol–water partition coefficient (Wildman–Crippen LogP) is 3.46. The summed E-state index contributed by atoms with van der Waals surface area (Å²) in [6, 6.07) is 7.33. The molecule has 0 unspecified atom stereocenters. The Hall–Kier alpha value is -3.43. The van der Waals surface area contributed by atoms with Crippen LogP contribution in [0.25, 0.3) is 21.3 Å². The molecular weight excluding hydrogens is 440 g/mol. The molecule has 0 radical (unpaired) electrons. The number of thiophene rings is 1. The number of ether oxygens (including phenoxy) is 1. The van der Waals surface area contributed by atoms with Crippen LogP contribution in [0.2, 0.25) is 0 Å². The first-order valence-electron chi connectivity index (χ1n) is 10.4. The molecule has 3 N–H and O–H groups in total. The molecule has 0 spiro atoms. The fourth-order valence-electron chi connectivity index (χ4n) is 3.56. The highest BCUT2D eigenvalue weighted by Crippen LogP contribution is 2.44. The number of hydrogen-bond acceptors (Lipinski definition) is 6. The predicted molar refractivity (Wildman–Crippen MR) is 129 cm³/mol. The minimum absolute atomic E-state index is 0.241. The number of H-pyrrole nitrogens is 1. The smallest absolute Gasteiger partial charge is 0.274 e. The number of hydrogen-bond donors (Lipinski definition) is 3. The van der Waals surface area contributed by atoms with Crippen LogP contribution < -0.4 is 15.6 Å². The van der Waals surface area contributed by atoms with Gasteiger partial charge in [-0.3, -0.25) is 14.6 Å². The third kappa shape index (κ3) is 4.29. The second-order valence-corrected chi connectivity index (χ2v) is 9.48. The highest BCUT2D eigenvalue weighted by Gasteiger charge is 2.25. The number of pyridine rings is 2. The van der Waals surface area contributed by atoms with Gasteiger partial charge in [0.15, 0.2) is 0 Å². The van der Waals surface area contributed by atoms with Gasteiger partial charge in [0.05, 0.1) is 16.2 Å². The van der Waals surface area contributed by atoms with Gasteiger partial charge in [0.25, 0.3) is 11.5 Å². The van der Waals surface area contributed by atoms with Gasteiger partial charge in [-0.15, -0.1) is 11.3 Å². The van der Waals surface area contributed by atoms with E-state index < -0.39 is 5.60 Å². The maximum Gasteiger partial charge on any atom is 0.274 e. The third-order valence-electron chi connectivity index (χ3n) is 5.46. The Morgan fingerprint density at radius 1 is 1.36 bits per heavy atom. The lowest BCUT2D eigenvalue weighted by Gasteiger charge is -2.13. The number of carbonyl (C=O) groups is 1. The molecule has 0 bridgehead atoms. The molecule has 4 heterocycles. The first kappa shape index (κ1) is 22.8. The van der Waals surface area contributed by atoms with Crippen molar-refractivity contribution in [3.63, 3.8) is 0 Å². The van der Waals surface area contributed by atoms with Crippen LogP contribution in [-0.2, 0) is 19.3 Å². The molecule has 0 saturated carbocycles. The Morgan fingerprint density at radius 3 is 2.79 bits per heavy atom. The van der Waals surface area contributed by atoms with E-state index in [-0.39, 0.29) is 18.1 Å². The number of amides is 1. The zero-order chi connectivity index (χ0) is 23.9. The van der Waals surface area contributed by atoms with Gasteiger partial charge < -0.3 is 24.7 Å². The van der Waals surface area contributed by atoms with Gasteiger partial charge in [0.2, 0.25) is 0 Å². The molecule has 33 heavy (non-hydrogen) atoms. The lowest BCUT2D eigenvalue weighted by atomic mass is 10.1. The van der Waals surface area contributed by atoms with Crippen molar-refractivity contribution in [2.75, 3.05) is 7.05 Å². The number of rotatable bonds is 6. The maximum absolute atomic E-state index is 12.8. The lowest BCUT2D eigenvalue weighted by molar-refractivity contribution is 0.0823. The summed E-state index contributed by atoms with van der Waals surface area (Å²) < 4.78 is 7.66. The molecule has 0 saturated heterocycles. The summed E-state index contributed by atoms with van der Waals surface area (Å²) in [6.07, 6.45) is 3.45. The molecule has 4 rings (SSSR count). The zero-order valence-electron chi connectivity index (χ0n) is 19.1. The second-order valence-electron chi connectivity index (χ2n) is 8.43. The third-order valence-corrected chi connectivity index (χ3v) is 6.93. The fraction of sp³-hybridized carbons (Fsp3) is 0.292. The molecule has 9 heteroatoms. The molecule has 0 aromatic carbocycles. The van der Waals surface area contributed by atoms with E-state index in [1.165, 1.54) is 23.0 Å². The quantitative estimate of drug-likeness (QED) is 0.403. The summed E-state index contributed by atoms with van der Waals surface area (Å²) in [4.78, 5) is 33.8. The Balaban J connectivity index is 1.89. The van der Waals surface area contributed by atoms with Crippen LogP contribution in [0.1, 0.15) is 40.5 Å². The topological polar surface area (TPSA) is 109 Å². The largest absolute Gasteiger partial charge is 0.486 e. The summed E-state index contributed by atoms with van der Waals surface area (Å²) in [7, 11) is 3.20. The molecule has 172 valence electrons. The lowest BCUT2D eigenvalue weighted by Crippen LogP contribution is -2.19. The Morgan fingerprint density at radius 2 is 2.12 bits per heavy atom. The average Bonchev–Trinajstić information content (AvgIpc) is 3.40. The number of aliphatic hydroxyl groups is 1. The van der Waals surface area contributed by atoms with Crippen LogP contribution in [-0.4, -0.2) is 32.6 Å². The van der Waals surface area contributed by atoms with E-state index in [9.17, 15) is 14.7 Å². The molecule has 4 aromatic rings. The van der Waals surface area contributed by atoms with E-state index in [1.54, 1.807) is 39.4 Å². The van der Waals surface area contributed by atoms with E-state index in [1.807, 2.05) is 25.1 Å². The molecule has 8 nitrogen and oxygen atoms in total. The monoisotopic (exact) mass is 466 g/mol. The maximum atomic E-state index is 12.8. The van der Waals surface area contributed by atoms with Crippen molar-refractivity contribution < 1.29 is 14.6 Å². The Bertz CT molecular complexity index is 1410. The number of nitrogens with one attached hydrogen (secondary N) is 2. The minimum atomic E-state index is -1.08. The number of aromatic amines is 1. The van der Waals surface area contributed by atoms with Gasteiger partial charge in [-0.05, 0) is 44.5 Å². The van der Waals surface area contributed by atoms with Crippen molar-refractivity contribution in [3.05, 3.63) is 68.8 Å². The first-order chi connectivity index (χ1) is 15.6. The number of fused-ring (bicyclic) bond motifs is 1. The van der Waals surface area contributed by atoms with Crippen LogP contribution in [0.15, 0.2) is 41.5 Å². The molecule has 4 aromatic heterocycles. The van der Waals surface area contributed by atoms with E-state index in [2.05, 4.69) is 15.3 Å². The normalized spacial score (nSPS) is 11.7. The standard InChI is InChI=1S/C24H26N4O4S/c1-13-7-6-8-26-17(13)12-32-18-10-19(24(2,3)31)33-21(18)15-11-28(5)23(30)20-14(15)9-16(27-20)22(29)25-4/h6-11,27,31H,12H2,1-5H3,(H,25,29). The summed E-state index contributed by atoms with van der Waals surface area (Å²) in [6.45, 7) is 5.66. The van der Waals surface area contributed by atoms with Gasteiger partial charge in [-0.1, -0.05) is 6.07 Å². The van der Waals surface area contributed by atoms with E-state index in [0.29, 0.717) is 27.2 Å². The van der Waals surface area contributed by atoms with Crippen molar-refractivity contribution in [1.82, 2.24) is 19.9 Å². The van der Waals surface area contributed by atoms with Crippen molar-refractivity contribution in [2.45, 2.75) is 33.0 Å². The second kappa shape index (κ2) is 8.49. The molecule has 1 amide bonds. The average molecular weight is 467 g/mol. The SMILES string of the molecule is CNC(=O)c1cc2c(-c3sc(C(C)(C)O)cc3OCc3ncccc3C)cn(C)c(=O)c2[nH]1. The Kier molecular flexibility index (Phi) is 5.85. The molecule has 0 aliphatic carbocycles. The highest BCUT2D eigenvalue weighted by atomic mass is 32.1. The van der Waals surface area contributed by atoms with Gasteiger partial charge in [0, 0.05) is 42.3 Å². The van der Waals surface area contributed by atoms with Gasteiger partial charge >= 0.3 is 0 Å². The van der Waals surface area contributed by atoms with Crippen LogP contribution >= 0.6 is 11.3 Å². The van der Waals surface area contributed by atoms with Crippen molar-refractivity contribution in [3.8, 4) is 16.2 Å². The molecule has 0 fully saturated rings. The van der Waals surface area contributed by atoms with Crippen LogP contribution in [0.5, 0.6) is 5.75 Å². The van der Waals surface area contributed by atoms with Crippen molar-refractivity contribution in [2.24, 2.45) is 7.05 Å². The number of aromatic nitrogens is 3. The molecular formula is C24H26N4O4S. The minimum Gasteiger partial charge on any atom is -0.486 e. The fourth-order valence-corrected chi connectivity index (χ4v) is 4.68. The Labute approximate surface area is 194 Å². The van der Waals surface area contributed by atoms with Gasteiger partial charge in [-0.25, -0.2) is 0 Å². The summed E-state index contributed by atoms with van der Waals surface area (Å²) in [5.41, 5.74) is 1.87. The first-order valence-corrected chi connectivity index (χ1v) is 11.3. The number of nitrogens with zero attached hydrogens (tertiary/aromatic N) is 2. The summed E-state index contributed by atoms with van der Waals surface area (Å²) in [5.74, 6) is 0.259. The summed E-state index contributed by atoms with van der Waals surface area (Å²) in [5, 5.41) is 13.8. The van der Waals surface area contributed by atoms with Crippen LogP contribution in [0.3, 0.4) is 0 Å². The van der Waals surface area contributed by atoms with E-state index >= 15 is 0 Å². The number of carbonyl (C=O) groups excluding carboxylic acids is 1. The number of aryl methyl sites for hydroxylation is 2. The summed E-state index contributed by atoms with van der Waals surface area (Å²) >= 11 is 1.39. The van der Waals surface area contributed by atoms with Crippen molar-refractivity contribution >= 4 is 28.1 Å². The van der Waals surface area contributed by atoms with Crippen molar-refractivity contribution in [1.29, 1.82) is 0 Å². The van der Waals surface area contributed by atoms with Crippen LogP contribution in [0, 0.1) is 6.92 Å². The van der Waals surface area contributed by atoms with E-state index in [0.717, 1.165) is 21.7 Å². The van der Waals surface area contributed by atoms with Gasteiger partial charge in [-0.2, -0.15) is 0 Å². The molecule has 0 atom stereocenters. The molecule has 0 aliphatic heterocycles. The van der Waals surface area contributed by atoms with Gasteiger partial charge in [0.1, 0.15) is 23.6 Å². The van der Waals surface area contributed by atoms with Crippen LogP contribution in [0.4, 0.5) is 0 Å². The zero-order valence-corrected chi connectivity index (χ0v) is 20.0. The highest BCUT2D eigenvalue weighted by molar-refractivity contribution is 7.16.